The highest BCUT2D eigenvalue weighted by molar-refractivity contribution is 4.76. The lowest BCUT2D eigenvalue weighted by Gasteiger charge is -2.35. The normalized spacial score (nSPS) is 21.9. The summed E-state index contributed by atoms with van der Waals surface area (Å²) < 4.78 is 0. The molecule has 17 heavy (non-hydrogen) atoms. The molecule has 0 aromatic heterocycles. The van der Waals surface area contributed by atoms with Crippen molar-refractivity contribution in [3.8, 4) is 0 Å². The van der Waals surface area contributed by atoms with Gasteiger partial charge in [-0.1, -0.05) is 39.0 Å². The van der Waals surface area contributed by atoms with Crippen LogP contribution in [-0.4, -0.2) is 30.6 Å². The molecular formula is C15H32N2. The highest BCUT2D eigenvalue weighted by atomic mass is 15.2. The van der Waals surface area contributed by atoms with E-state index in [2.05, 4.69) is 11.8 Å². The van der Waals surface area contributed by atoms with E-state index in [1.807, 2.05) is 0 Å². The first-order chi connectivity index (χ1) is 8.38. The lowest BCUT2D eigenvalue weighted by molar-refractivity contribution is 0.137. The van der Waals surface area contributed by atoms with Gasteiger partial charge in [0.05, 0.1) is 0 Å². The fraction of sp³-hybridized carbons (Fsp3) is 1.00. The zero-order valence-corrected chi connectivity index (χ0v) is 11.8. The van der Waals surface area contributed by atoms with Gasteiger partial charge >= 0.3 is 0 Å². The first kappa shape index (κ1) is 15.0. The molecule has 1 saturated heterocycles. The second-order valence-corrected chi connectivity index (χ2v) is 5.53. The van der Waals surface area contributed by atoms with Crippen molar-refractivity contribution in [3.05, 3.63) is 0 Å². The van der Waals surface area contributed by atoms with Crippen LogP contribution < -0.4 is 5.73 Å². The molecule has 0 spiro atoms. The van der Waals surface area contributed by atoms with Crippen LogP contribution in [0.1, 0.15) is 71.1 Å². The van der Waals surface area contributed by atoms with Gasteiger partial charge in [0, 0.05) is 6.04 Å². The lowest BCUT2D eigenvalue weighted by atomic mass is 9.98. The van der Waals surface area contributed by atoms with Gasteiger partial charge < -0.3 is 10.6 Å². The number of likely N-dealkylation sites (tertiary alicyclic amines) is 1. The van der Waals surface area contributed by atoms with Crippen molar-refractivity contribution in [1.29, 1.82) is 0 Å². The Labute approximate surface area is 108 Å². The highest BCUT2D eigenvalue weighted by Crippen LogP contribution is 2.21. The minimum atomic E-state index is 0.866. The molecular weight excluding hydrogens is 208 g/mol. The summed E-state index contributed by atoms with van der Waals surface area (Å²) in [7, 11) is 0. The van der Waals surface area contributed by atoms with Gasteiger partial charge in [-0.25, -0.2) is 0 Å². The molecule has 0 aromatic carbocycles. The molecule has 0 radical (unpaired) electrons. The topological polar surface area (TPSA) is 29.3 Å². The van der Waals surface area contributed by atoms with Gasteiger partial charge in [-0.15, -0.1) is 0 Å². The number of unbranched alkanes of at least 4 members (excludes halogenated alkanes) is 4. The molecule has 1 heterocycles. The Balaban J connectivity index is 2.06. The van der Waals surface area contributed by atoms with E-state index in [1.165, 1.54) is 77.3 Å². The second-order valence-electron chi connectivity index (χ2n) is 5.53. The summed E-state index contributed by atoms with van der Waals surface area (Å²) in [4.78, 5) is 2.76. The maximum atomic E-state index is 5.50. The summed E-state index contributed by atoms with van der Waals surface area (Å²) in [6.45, 7) is 5.88. The predicted molar refractivity (Wildman–Crippen MR) is 76.3 cm³/mol. The molecule has 1 fully saturated rings. The standard InChI is InChI=1S/C15H32N2/c1-2-10-15-11-6-9-14-17(15)13-8-5-3-4-7-12-16/h15H,2-14,16H2,1H3. The molecule has 0 aromatic rings. The molecule has 0 saturated carbocycles. The summed E-state index contributed by atoms with van der Waals surface area (Å²) >= 11 is 0. The third-order valence-corrected chi connectivity index (χ3v) is 4.02. The average molecular weight is 240 g/mol. The van der Waals surface area contributed by atoms with E-state index in [1.54, 1.807) is 0 Å². The molecule has 2 nitrogen and oxygen atoms in total. The Morgan fingerprint density at radius 2 is 1.82 bits per heavy atom. The smallest absolute Gasteiger partial charge is 0.00951 e. The summed E-state index contributed by atoms with van der Waals surface area (Å²) in [6.07, 6.45) is 13.8. The average Bonchev–Trinajstić information content (AvgIpc) is 2.36. The molecule has 1 unspecified atom stereocenters. The summed E-state index contributed by atoms with van der Waals surface area (Å²) in [5.74, 6) is 0. The van der Waals surface area contributed by atoms with Gasteiger partial charge in [-0.2, -0.15) is 0 Å². The van der Waals surface area contributed by atoms with E-state index < -0.39 is 0 Å². The third kappa shape index (κ3) is 6.42. The maximum absolute atomic E-state index is 5.50. The van der Waals surface area contributed by atoms with Crippen LogP contribution in [0.2, 0.25) is 0 Å². The van der Waals surface area contributed by atoms with Gasteiger partial charge in [0.2, 0.25) is 0 Å². The molecule has 102 valence electrons. The van der Waals surface area contributed by atoms with Crippen molar-refractivity contribution >= 4 is 0 Å². The first-order valence-electron chi connectivity index (χ1n) is 7.82. The molecule has 2 N–H and O–H groups in total. The van der Waals surface area contributed by atoms with E-state index in [9.17, 15) is 0 Å². The zero-order chi connectivity index (χ0) is 12.3. The number of hydrogen-bond acceptors (Lipinski definition) is 2. The molecule has 0 aliphatic carbocycles. The van der Waals surface area contributed by atoms with Gasteiger partial charge in [-0.05, 0) is 51.7 Å². The number of rotatable bonds is 9. The van der Waals surface area contributed by atoms with E-state index in [-0.39, 0.29) is 0 Å². The molecule has 1 aliphatic heterocycles. The molecule has 1 atom stereocenters. The van der Waals surface area contributed by atoms with Crippen LogP contribution >= 0.6 is 0 Å². The molecule has 0 bridgehead atoms. The number of hydrogen-bond donors (Lipinski definition) is 1. The van der Waals surface area contributed by atoms with Crippen LogP contribution in [0, 0.1) is 0 Å². The molecule has 1 rings (SSSR count). The van der Waals surface area contributed by atoms with Crippen LogP contribution in [0.3, 0.4) is 0 Å². The summed E-state index contributed by atoms with van der Waals surface area (Å²) in [6, 6.07) is 0.901. The van der Waals surface area contributed by atoms with Crippen molar-refractivity contribution in [2.45, 2.75) is 77.2 Å². The largest absolute Gasteiger partial charge is 0.330 e. The second kappa shape index (κ2) is 9.90. The molecule has 0 amide bonds. The Bertz CT molecular complexity index is 168. The van der Waals surface area contributed by atoms with Crippen molar-refractivity contribution in [3.63, 3.8) is 0 Å². The quantitative estimate of drug-likeness (QED) is 0.625. The van der Waals surface area contributed by atoms with Crippen LogP contribution in [0.5, 0.6) is 0 Å². The Morgan fingerprint density at radius 3 is 2.59 bits per heavy atom. The summed E-state index contributed by atoms with van der Waals surface area (Å²) in [5.41, 5.74) is 5.50. The zero-order valence-electron chi connectivity index (χ0n) is 11.8. The minimum Gasteiger partial charge on any atom is -0.330 e. The highest BCUT2D eigenvalue weighted by Gasteiger charge is 2.20. The van der Waals surface area contributed by atoms with Crippen LogP contribution in [0.4, 0.5) is 0 Å². The Kier molecular flexibility index (Phi) is 8.72. The monoisotopic (exact) mass is 240 g/mol. The Morgan fingerprint density at radius 1 is 1.06 bits per heavy atom. The van der Waals surface area contributed by atoms with E-state index in [4.69, 9.17) is 5.73 Å². The van der Waals surface area contributed by atoms with Crippen molar-refractivity contribution in [2.24, 2.45) is 5.73 Å². The van der Waals surface area contributed by atoms with Gasteiger partial charge in [-0.3, -0.25) is 0 Å². The minimum absolute atomic E-state index is 0.866. The van der Waals surface area contributed by atoms with Gasteiger partial charge in [0.25, 0.3) is 0 Å². The van der Waals surface area contributed by atoms with E-state index in [0.29, 0.717) is 0 Å². The van der Waals surface area contributed by atoms with Gasteiger partial charge in [0.1, 0.15) is 0 Å². The van der Waals surface area contributed by atoms with Crippen LogP contribution in [0.25, 0.3) is 0 Å². The lowest BCUT2D eigenvalue weighted by Crippen LogP contribution is -2.39. The van der Waals surface area contributed by atoms with Gasteiger partial charge in [0.15, 0.2) is 0 Å². The predicted octanol–water partition coefficient (Wildman–Crippen LogP) is 3.55. The van der Waals surface area contributed by atoms with Crippen molar-refractivity contribution in [2.75, 3.05) is 19.6 Å². The van der Waals surface area contributed by atoms with E-state index in [0.717, 1.165) is 12.6 Å². The maximum Gasteiger partial charge on any atom is 0.00951 e. The van der Waals surface area contributed by atoms with Crippen molar-refractivity contribution < 1.29 is 0 Å². The van der Waals surface area contributed by atoms with Crippen LogP contribution in [-0.2, 0) is 0 Å². The molecule has 1 aliphatic rings. The summed E-state index contributed by atoms with van der Waals surface area (Å²) in [5, 5.41) is 0. The van der Waals surface area contributed by atoms with E-state index >= 15 is 0 Å². The Hall–Kier alpha value is -0.0800. The number of piperidine rings is 1. The fourth-order valence-electron chi connectivity index (χ4n) is 3.00. The van der Waals surface area contributed by atoms with Crippen molar-refractivity contribution in [1.82, 2.24) is 4.90 Å². The van der Waals surface area contributed by atoms with Crippen LogP contribution in [0.15, 0.2) is 0 Å². The number of nitrogens with zero attached hydrogens (tertiary/aromatic N) is 1. The number of nitrogens with two attached hydrogens (primary N) is 1. The SMILES string of the molecule is CCCC1CCCCN1CCCCCCCN. The molecule has 2 heteroatoms. The fourth-order valence-corrected chi connectivity index (χ4v) is 3.00. The first-order valence-corrected chi connectivity index (χ1v) is 7.82. The third-order valence-electron chi connectivity index (χ3n) is 4.02.